The average Bonchev–Trinajstić information content (AvgIpc) is 2.45. The highest BCUT2D eigenvalue weighted by molar-refractivity contribution is 9.10. The predicted octanol–water partition coefficient (Wildman–Crippen LogP) is 3.12. The molecule has 0 aliphatic rings. The summed E-state index contributed by atoms with van der Waals surface area (Å²) >= 11 is 3.35. The molecule has 0 aliphatic heterocycles. The van der Waals surface area contributed by atoms with E-state index in [-0.39, 0.29) is 11.8 Å². The number of amides is 2. The fourth-order valence-electron chi connectivity index (χ4n) is 1.76. The number of hydrogen-bond acceptors (Lipinski definition) is 2. The summed E-state index contributed by atoms with van der Waals surface area (Å²) in [6.45, 7) is 5.43. The monoisotopic (exact) mass is 354 g/mol. The Kier molecular flexibility index (Phi) is 8.05. The zero-order valence-corrected chi connectivity index (χ0v) is 14.2. The SMILES string of the molecule is CC(C)CNC(=O)CCCCNC(=O)c1ccccc1Br. The molecule has 0 heterocycles. The number of hydrogen-bond donors (Lipinski definition) is 2. The minimum absolute atomic E-state index is 0.0841. The summed E-state index contributed by atoms with van der Waals surface area (Å²) in [7, 11) is 0. The molecule has 0 saturated heterocycles. The molecule has 0 bridgehead atoms. The maximum atomic E-state index is 11.9. The van der Waals surface area contributed by atoms with Gasteiger partial charge in [0.15, 0.2) is 0 Å². The van der Waals surface area contributed by atoms with Crippen molar-refractivity contribution in [3.8, 4) is 0 Å². The zero-order valence-electron chi connectivity index (χ0n) is 12.6. The van der Waals surface area contributed by atoms with Gasteiger partial charge in [-0.1, -0.05) is 26.0 Å². The van der Waals surface area contributed by atoms with Crippen LogP contribution in [0.4, 0.5) is 0 Å². The van der Waals surface area contributed by atoms with Gasteiger partial charge in [-0.05, 0) is 46.8 Å². The molecular formula is C16H23BrN2O2. The minimum Gasteiger partial charge on any atom is -0.356 e. The summed E-state index contributed by atoms with van der Waals surface area (Å²) in [4.78, 5) is 23.4. The lowest BCUT2D eigenvalue weighted by Crippen LogP contribution is -2.28. The van der Waals surface area contributed by atoms with Crippen LogP contribution in [0, 0.1) is 5.92 Å². The molecule has 0 unspecified atom stereocenters. The van der Waals surface area contributed by atoms with Crippen molar-refractivity contribution in [2.45, 2.75) is 33.1 Å². The molecule has 2 N–H and O–H groups in total. The summed E-state index contributed by atoms with van der Waals surface area (Å²) in [6.07, 6.45) is 2.09. The Balaban J connectivity index is 2.16. The van der Waals surface area contributed by atoms with Gasteiger partial charge >= 0.3 is 0 Å². The van der Waals surface area contributed by atoms with E-state index in [1.54, 1.807) is 6.07 Å². The van der Waals surface area contributed by atoms with E-state index in [1.165, 1.54) is 0 Å². The number of carbonyl (C=O) groups is 2. The molecule has 1 rings (SSSR count). The molecule has 0 saturated carbocycles. The van der Waals surface area contributed by atoms with Crippen molar-refractivity contribution in [3.05, 3.63) is 34.3 Å². The van der Waals surface area contributed by atoms with Gasteiger partial charge in [0.2, 0.25) is 5.91 Å². The van der Waals surface area contributed by atoms with Gasteiger partial charge in [0, 0.05) is 24.0 Å². The lowest BCUT2D eigenvalue weighted by Gasteiger charge is -2.08. The van der Waals surface area contributed by atoms with Crippen molar-refractivity contribution in [1.82, 2.24) is 10.6 Å². The van der Waals surface area contributed by atoms with Crippen molar-refractivity contribution in [3.63, 3.8) is 0 Å². The fraction of sp³-hybridized carbons (Fsp3) is 0.500. The van der Waals surface area contributed by atoms with Crippen LogP contribution in [0.25, 0.3) is 0 Å². The van der Waals surface area contributed by atoms with E-state index in [4.69, 9.17) is 0 Å². The molecule has 21 heavy (non-hydrogen) atoms. The summed E-state index contributed by atoms with van der Waals surface area (Å²) in [5, 5.41) is 5.75. The number of unbranched alkanes of at least 4 members (excludes halogenated alkanes) is 1. The van der Waals surface area contributed by atoms with E-state index >= 15 is 0 Å². The fourth-order valence-corrected chi connectivity index (χ4v) is 2.22. The molecule has 1 aromatic carbocycles. The molecule has 0 aliphatic carbocycles. The van der Waals surface area contributed by atoms with Crippen LogP contribution in [0.1, 0.15) is 43.5 Å². The molecular weight excluding hydrogens is 332 g/mol. The molecule has 2 amide bonds. The molecule has 0 aromatic heterocycles. The third kappa shape index (κ3) is 7.27. The zero-order chi connectivity index (χ0) is 15.7. The van der Waals surface area contributed by atoms with E-state index in [1.807, 2.05) is 18.2 Å². The predicted molar refractivity (Wildman–Crippen MR) is 88.2 cm³/mol. The highest BCUT2D eigenvalue weighted by Gasteiger charge is 2.08. The molecule has 5 heteroatoms. The Morgan fingerprint density at radius 1 is 1.14 bits per heavy atom. The topological polar surface area (TPSA) is 58.2 Å². The van der Waals surface area contributed by atoms with Gasteiger partial charge in [0.05, 0.1) is 5.56 Å². The first-order valence-electron chi connectivity index (χ1n) is 7.30. The van der Waals surface area contributed by atoms with Gasteiger partial charge in [-0.2, -0.15) is 0 Å². The second-order valence-corrected chi connectivity index (χ2v) is 6.25. The molecule has 4 nitrogen and oxygen atoms in total. The first-order chi connectivity index (χ1) is 10.0. The number of halogens is 1. The van der Waals surface area contributed by atoms with Crippen molar-refractivity contribution in [2.24, 2.45) is 5.92 Å². The van der Waals surface area contributed by atoms with Crippen LogP contribution in [0.3, 0.4) is 0 Å². The van der Waals surface area contributed by atoms with Gasteiger partial charge in [-0.15, -0.1) is 0 Å². The quantitative estimate of drug-likeness (QED) is 0.704. The summed E-state index contributed by atoms with van der Waals surface area (Å²) in [6, 6.07) is 7.32. The van der Waals surface area contributed by atoms with Crippen LogP contribution in [0.5, 0.6) is 0 Å². The highest BCUT2D eigenvalue weighted by atomic mass is 79.9. The van der Waals surface area contributed by atoms with Crippen molar-refractivity contribution in [1.29, 1.82) is 0 Å². The molecule has 0 fully saturated rings. The lowest BCUT2D eigenvalue weighted by molar-refractivity contribution is -0.121. The van der Waals surface area contributed by atoms with Crippen LogP contribution in [0.2, 0.25) is 0 Å². The van der Waals surface area contributed by atoms with Gasteiger partial charge in [0.1, 0.15) is 0 Å². The van der Waals surface area contributed by atoms with Gasteiger partial charge in [-0.25, -0.2) is 0 Å². The van der Waals surface area contributed by atoms with Crippen molar-refractivity contribution >= 4 is 27.7 Å². The van der Waals surface area contributed by atoms with Crippen LogP contribution >= 0.6 is 15.9 Å². The number of carbonyl (C=O) groups excluding carboxylic acids is 2. The first-order valence-corrected chi connectivity index (χ1v) is 8.09. The molecule has 0 radical (unpaired) electrons. The van der Waals surface area contributed by atoms with E-state index in [0.29, 0.717) is 24.4 Å². The Hall–Kier alpha value is -1.36. The average molecular weight is 355 g/mol. The van der Waals surface area contributed by atoms with E-state index < -0.39 is 0 Å². The minimum atomic E-state index is -0.0910. The van der Waals surface area contributed by atoms with E-state index in [0.717, 1.165) is 23.9 Å². The number of rotatable bonds is 8. The maximum Gasteiger partial charge on any atom is 0.252 e. The number of nitrogens with one attached hydrogen (secondary N) is 2. The third-order valence-corrected chi connectivity index (χ3v) is 3.63. The Labute approximate surface area is 134 Å². The van der Waals surface area contributed by atoms with Gasteiger partial charge in [0.25, 0.3) is 5.91 Å². The third-order valence-electron chi connectivity index (χ3n) is 2.94. The van der Waals surface area contributed by atoms with Crippen LogP contribution in [-0.2, 0) is 4.79 Å². The van der Waals surface area contributed by atoms with E-state index in [9.17, 15) is 9.59 Å². The van der Waals surface area contributed by atoms with Crippen LogP contribution in [-0.4, -0.2) is 24.9 Å². The molecule has 0 spiro atoms. The Morgan fingerprint density at radius 2 is 1.86 bits per heavy atom. The van der Waals surface area contributed by atoms with Crippen molar-refractivity contribution in [2.75, 3.05) is 13.1 Å². The van der Waals surface area contributed by atoms with Gasteiger partial charge < -0.3 is 10.6 Å². The normalized spacial score (nSPS) is 10.5. The first kappa shape index (κ1) is 17.7. The van der Waals surface area contributed by atoms with Crippen LogP contribution < -0.4 is 10.6 Å². The molecule has 1 aromatic rings. The summed E-state index contributed by atoms with van der Waals surface area (Å²) < 4.78 is 0.788. The second kappa shape index (κ2) is 9.55. The smallest absolute Gasteiger partial charge is 0.252 e. The second-order valence-electron chi connectivity index (χ2n) is 5.39. The molecule has 116 valence electrons. The van der Waals surface area contributed by atoms with Gasteiger partial charge in [-0.3, -0.25) is 9.59 Å². The number of benzene rings is 1. The van der Waals surface area contributed by atoms with E-state index in [2.05, 4.69) is 40.4 Å². The largest absolute Gasteiger partial charge is 0.356 e. The van der Waals surface area contributed by atoms with Crippen molar-refractivity contribution < 1.29 is 9.59 Å². The Bertz CT molecular complexity index is 475. The van der Waals surface area contributed by atoms with Crippen LogP contribution in [0.15, 0.2) is 28.7 Å². The summed E-state index contributed by atoms with van der Waals surface area (Å²) in [5.41, 5.74) is 0.632. The lowest BCUT2D eigenvalue weighted by atomic mass is 10.2. The Morgan fingerprint density at radius 3 is 2.52 bits per heavy atom. The maximum absolute atomic E-state index is 11.9. The highest BCUT2D eigenvalue weighted by Crippen LogP contribution is 2.15. The summed E-state index contributed by atoms with van der Waals surface area (Å²) in [5.74, 6) is 0.463. The standard InChI is InChI=1S/C16H23BrN2O2/c1-12(2)11-19-15(20)9-5-6-10-18-16(21)13-7-3-4-8-14(13)17/h3-4,7-8,12H,5-6,9-11H2,1-2H3,(H,18,21)(H,19,20). The molecule has 0 atom stereocenters.